The van der Waals surface area contributed by atoms with Gasteiger partial charge in [-0.25, -0.2) is 9.48 Å². The predicted octanol–water partition coefficient (Wildman–Crippen LogP) is 4.53. The first-order chi connectivity index (χ1) is 16.3. The number of unbranched alkanes of at least 4 members (excludes halogenated alkanes) is 1. The van der Waals surface area contributed by atoms with E-state index in [1.807, 2.05) is 82.4 Å². The molecule has 7 heteroatoms. The first-order valence-electron chi connectivity index (χ1n) is 11.5. The van der Waals surface area contributed by atoms with Crippen LogP contribution in [0.3, 0.4) is 0 Å². The van der Waals surface area contributed by atoms with E-state index in [1.165, 1.54) is 6.08 Å². The first kappa shape index (κ1) is 24.9. The average molecular weight is 461 g/mol. The second kappa shape index (κ2) is 11.4. The van der Waals surface area contributed by atoms with Gasteiger partial charge >= 0.3 is 5.97 Å². The van der Waals surface area contributed by atoms with Crippen LogP contribution in [0.4, 0.5) is 0 Å². The number of carbonyl (C=O) groups excluding carboxylic acids is 2. The molecule has 3 rings (SSSR count). The molecule has 0 bridgehead atoms. The van der Waals surface area contributed by atoms with Crippen molar-refractivity contribution in [2.24, 2.45) is 0 Å². The van der Waals surface area contributed by atoms with E-state index in [-0.39, 0.29) is 18.3 Å². The van der Waals surface area contributed by atoms with Gasteiger partial charge in [0.2, 0.25) is 5.91 Å². The molecule has 3 aromatic rings. The molecule has 34 heavy (non-hydrogen) atoms. The number of aromatic nitrogens is 3. The summed E-state index contributed by atoms with van der Waals surface area (Å²) in [6.07, 6.45) is 6.91. The summed E-state index contributed by atoms with van der Waals surface area (Å²) in [4.78, 5) is 24.9. The molecule has 0 aliphatic heterocycles. The lowest BCUT2D eigenvalue weighted by molar-refractivity contribution is -0.137. The molecule has 1 amide bonds. The highest BCUT2D eigenvalue weighted by Gasteiger charge is 2.26. The van der Waals surface area contributed by atoms with Crippen LogP contribution in [0.2, 0.25) is 0 Å². The molecule has 0 unspecified atom stereocenters. The van der Waals surface area contributed by atoms with Crippen LogP contribution in [0.15, 0.2) is 60.8 Å². The molecule has 1 heterocycles. The summed E-state index contributed by atoms with van der Waals surface area (Å²) in [5, 5.41) is 11.5. The van der Waals surface area contributed by atoms with Gasteiger partial charge in [-0.2, -0.15) is 0 Å². The Balaban J connectivity index is 1.68. The second-order valence-electron chi connectivity index (χ2n) is 8.79. The number of rotatable bonds is 10. The van der Waals surface area contributed by atoms with E-state index in [4.69, 9.17) is 4.74 Å². The van der Waals surface area contributed by atoms with Gasteiger partial charge in [-0.3, -0.25) is 4.79 Å². The van der Waals surface area contributed by atoms with Gasteiger partial charge in [0.15, 0.2) is 0 Å². The third-order valence-electron chi connectivity index (χ3n) is 5.40. The Morgan fingerprint density at radius 3 is 2.65 bits per heavy atom. The molecular weight excluding hydrogens is 428 g/mol. The quantitative estimate of drug-likeness (QED) is 0.273. The largest absolute Gasteiger partial charge is 0.463 e. The number of esters is 1. The van der Waals surface area contributed by atoms with Gasteiger partial charge in [0, 0.05) is 6.08 Å². The van der Waals surface area contributed by atoms with Gasteiger partial charge in [0.25, 0.3) is 0 Å². The van der Waals surface area contributed by atoms with Crippen LogP contribution in [0.5, 0.6) is 0 Å². The Labute approximate surface area is 200 Å². The SMILES string of the molecule is CCCCOC(=O)/C=C/c1cc(C)ccc1CC(=O)NC(C)(C)c1cn(-c2ccccc2)nn1. The lowest BCUT2D eigenvalue weighted by Gasteiger charge is -2.24. The zero-order valence-corrected chi connectivity index (χ0v) is 20.2. The van der Waals surface area contributed by atoms with Gasteiger partial charge in [-0.05, 0) is 56.5 Å². The zero-order valence-electron chi connectivity index (χ0n) is 20.2. The minimum Gasteiger partial charge on any atom is -0.463 e. The summed E-state index contributed by atoms with van der Waals surface area (Å²) < 4.78 is 6.87. The number of amides is 1. The molecule has 178 valence electrons. The maximum Gasteiger partial charge on any atom is 0.330 e. The summed E-state index contributed by atoms with van der Waals surface area (Å²) in [7, 11) is 0. The molecule has 0 fully saturated rings. The monoisotopic (exact) mass is 460 g/mol. The minimum atomic E-state index is -0.714. The van der Waals surface area contributed by atoms with Crippen molar-refractivity contribution >= 4 is 18.0 Å². The minimum absolute atomic E-state index is 0.150. The number of carbonyl (C=O) groups is 2. The summed E-state index contributed by atoms with van der Waals surface area (Å²) in [5.74, 6) is -0.531. The number of hydrogen-bond acceptors (Lipinski definition) is 5. The van der Waals surface area contributed by atoms with E-state index in [1.54, 1.807) is 10.8 Å². The van der Waals surface area contributed by atoms with Crippen LogP contribution in [0.1, 0.15) is 56.0 Å². The maximum atomic E-state index is 12.9. The molecule has 2 aromatic carbocycles. The lowest BCUT2D eigenvalue weighted by Crippen LogP contribution is -2.42. The molecule has 0 saturated heterocycles. The van der Waals surface area contributed by atoms with E-state index in [9.17, 15) is 9.59 Å². The van der Waals surface area contributed by atoms with Crippen LogP contribution in [0, 0.1) is 6.92 Å². The fraction of sp³-hybridized carbons (Fsp3) is 0.333. The molecule has 0 radical (unpaired) electrons. The van der Waals surface area contributed by atoms with E-state index in [0.29, 0.717) is 12.3 Å². The Hall–Kier alpha value is -3.74. The molecule has 1 aromatic heterocycles. The number of aryl methyl sites for hydroxylation is 1. The molecular formula is C27H32N4O3. The summed E-state index contributed by atoms with van der Waals surface area (Å²) in [6.45, 7) is 8.21. The average Bonchev–Trinajstić information content (AvgIpc) is 3.31. The van der Waals surface area contributed by atoms with Crippen LogP contribution < -0.4 is 5.32 Å². The van der Waals surface area contributed by atoms with E-state index < -0.39 is 5.54 Å². The van der Waals surface area contributed by atoms with Crippen molar-refractivity contribution in [3.8, 4) is 5.69 Å². The van der Waals surface area contributed by atoms with E-state index in [2.05, 4.69) is 15.6 Å². The smallest absolute Gasteiger partial charge is 0.330 e. The predicted molar refractivity (Wildman–Crippen MR) is 132 cm³/mol. The van der Waals surface area contributed by atoms with Crippen molar-refractivity contribution in [3.63, 3.8) is 0 Å². The lowest BCUT2D eigenvalue weighted by atomic mass is 9.98. The van der Waals surface area contributed by atoms with E-state index >= 15 is 0 Å². The van der Waals surface area contributed by atoms with Crippen LogP contribution in [-0.4, -0.2) is 33.5 Å². The normalized spacial score (nSPS) is 11.5. The van der Waals surface area contributed by atoms with Crippen molar-refractivity contribution in [1.82, 2.24) is 20.3 Å². The second-order valence-corrected chi connectivity index (χ2v) is 8.79. The number of para-hydroxylation sites is 1. The highest BCUT2D eigenvalue weighted by molar-refractivity contribution is 5.88. The van der Waals surface area contributed by atoms with E-state index in [0.717, 1.165) is 35.2 Å². The number of hydrogen-bond donors (Lipinski definition) is 1. The summed E-state index contributed by atoms with van der Waals surface area (Å²) in [5.41, 5.74) is 3.52. The molecule has 0 aliphatic rings. The van der Waals surface area contributed by atoms with Crippen LogP contribution in [0.25, 0.3) is 11.8 Å². The zero-order chi connectivity index (χ0) is 24.6. The highest BCUT2D eigenvalue weighted by Crippen LogP contribution is 2.20. The van der Waals surface area contributed by atoms with Gasteiger partial charge in [-0.1, -0.05) is 60.5 Å². The third kappa shape index (κ3) is 6.88. The third-order valence-corrected chi connectivity index (χ3v) is 5.40. The highest BCUT2D eigenvalue weighted by atomic mass is 16.5. The Morgan fingerprint density at radius 1 is 1.15 bits per heavy atom. The molecule has 0 saturated carbocycles. The standard InChI is InChI=1S/C27H32N4O3/c1-5-6-16-34-26(33)15-14-21-17-20(2)12-13-22(21)18-25(32)28-27(3,4)24-19-31(30-29-24)23-10-8-7-9-11-23/h7-15,17,19H,5-6,16,18H2,1-4H3,(H,28,32)/b15-14+. The Bertz CT molecular complexity index is 1150. The van der Waals surface area contributed by atoms with Crippen molar-refractivity contribution in [2.75, 3.05) is 6.61 Å². The Kier molecular flexibility index (Phi) is 8.35. The fourth-order valence-corrected chi connectivity index (χ4v) is 3.44. The van der Waals surface area contributed by atoms with Crippen LogP contribution >= 0.6 is 0 Å². The first-order valence-corrected chi connectivity index (χ1v) is 11.5. The Morgan fingerprint density at radius 2 is 1.91 bits per heavy atom. The molecule has 0 aliphatic carbocycles. The van der Waals surface area contributed by atoms with Crippen molar-refractivity contribution in [3.05, 3.63) is 83.2 Å². The number of nitrogens with one attached hydrogen (secondary N) is 1. The van der Waals surface area contributed by atoms with Crippen molar-refractivity contribution < 1.29 is 14.3 Å². The number of ether oxygens (including phenoxy) is 1. The summed E-state index contributed by atoms with van der Waals surface area (Å²) in [6, 6.07) is 15.5. The molecule has 0 spiro atoms. The maximum absolute atomic E-state index is 12.9. The molecule has 1 N–H and O–H groups in total. The molecule has 0 atom stereocenters. The summed E-state index contributed by atoms with van der Waals surface area (Å²) >= 11 is 0. The van der Waals surface area contributed by atoms with Crippen molar-refractivity contribution in [1.29, 1.82) is 0 Å². The number of benzene rings is 2. The van der Waals surface area contributed by atoms with Gasteiger partial charge in [-0.15, -0.1) is 5.10 Å². The molecule has 7 nitrogen and oxygen atoms in total. The van der Waals surface area contributed by atoms with Crippen molar-refractivity contribution in [2.45, 2.75) is 52.5 Å². The van der Waals surface area contributed by atoms with Gasteiger partial charge < -0.3 is 10.1 Å². The fourth-order valence-electron chi connectivity index (χ4n) is 3.44. The van der Waals surface area contributed by atoms with Gasteiger partial charge in [0.1, 0.15) is 5.69 Å². The topological polar surface area (TPSA) is 86.1 Å². The van der Waals surface area contributed by atoms with Crippen LogP contribution in [-0.2, 0) is 26.3 Å². The number of nitrogens with zero attached hydrogens (tertiary/aromatic N) is 3. The van der Waals surface area contributed by atoms with Gasteiger partial charge in [0.05, 0.1) is 30.5 Å².